The summed E-state index contributed by atoms with van der Waals surface area (Å²) < 4.78 is 0.642. The Balaban J connectivity index is 1.70. The molecule has 7 heteroatoms. The fourth-order valence-electron chi connectivity index (χ4n) is 1.87. The SMILES string of the molecule is O=C(CC1CSCCN1)NCC(O)c1ccc(Cl)s1. The van der Waals surface area contributed by atoms with Crippen molar-refractivity contribution in [3.63, 3.8) is 0 Å². The van der Waals surface area contributed by atoms with Crippen LogP contribution in [0, 0.1) is 0 Å². The number of aliphatic hydroxyl groups excluding tert-OH is 1. The minimum atomic E-state index is -0.685. The van der Waals surface area contributed by atoms with Crippen LogP contribution in [-0.4, -0.2) is 41.7 Å². The molecule has 2 heterocycles. The third-order valence-electron chi connectivity index (χ3n) is 2.85. The Morgan fingerprint density at radius 2 is 2.47 bits per heavy atom. The molecule has 0 saturated carbocycles. The zero-order valence-corrected chi connectivity index (χ0v) is 12.8. The summed E-state index contributed by atoms with van der Waals surface area (Å²) >= 11 is 9.00. The highest BCUT2D eigenvalue weighted by atomic mass is 35.5. The number of hydrogen-bond acceptors (Lipinski definition) is 5. The maximum Gasteiger partial charge on any atom is 0.221 e. The molecule has 2 unspecified atom stereocenters. The van der Waals surface area contributed by atoms with Crippen molar-refractivity contribution in [2.45, 2.75) is 18.6 Å². The van der Waals surface area contributed by atoms with Gasteiger partial charge in [0.15, 0.2) is 0 Å². The van der Waals surface area contributed by atoms with Gasteiger partial charge in [-0.1, -0.05) is 11.6 Å². The van der Waals surface area contributed by atoms with Crippen molar-refractivity contribution < 1.29 is 9.90 Å². The van der Waals surface area contributed by atoms with Gasteiger partial charge in [-0.2, -0.15) is 11.8 Å². The van der Waals surface area contributed by atoms with Gasteiger partial charge in [-0.3, -0.25) is 4.79 Å². The molecule has 2 rings (SSSR count). The second-order valence-corrected chi connectivity index (χ2v) is 7.29. The number of aliphatic hydroxyl groups is 1. The average Bonchev–Trinajstić information content (AvgIpc) is 2.84. The molecule has 0 aliphatic carbocycles. The Kier molecular flexibility index (Phi) is 5.97. The first kappa shape index (κ1) is 15.1. The van der Waals surface area contributed by atoms with Gasteiger partial charge in [-0.05, 0) is 12.1 Å². The van der Waals surface area contributed by atoms with Crippen LogP contribution in [0.15, 0.2) is 12.1 Å². The van der Waals surface area contributed by atoms with Crippen molar-refractivity contribution in [1.82, 2.24) is 10.6 Å². The van der Waals surface area contributed by atoms with Gasteiger partial charge in [0.05, 0.1) is 4.34 Å². The van der Waals surface area contributed by atoms with E-state index in [4.69, 9.17) is 11.6 Å². The van der Waals surface area contributed by atoms with Crippen LogP contribution >= 0.6 is 34.7 Å². The zero-order valence-electron chi connectivity index (χ0n) is 10.4. The Morgan fingerprint density at radius 3 is 3.11 bits per heavy atom. The molecule has 4 nitrogen and oxygen atoms in total. The summed E-state index contributed by atoms with van der Waals surface area (Å²) in [5.74, 6) is 2.05. The first-order chi connectivity index (χ1) is 9.15. The van der Waals surface area contributed by atoms with Gasteiger partial charge in [0.25, 0.3) is 0 Å². The van der Waals surface area contributed by atoms with E-state index in [-0.39, 0.29) is 18.5 Å². The van der Waals surface area contributed by atoms with E-state index in [0.29, 0.717) is 10.8 Å². The lowest BCUT2D eigenvalue weighted by Gasteiger charge is -2.22. The first-order valence-electron chi connectivity index (χ1n) is 6.16. The van der Waals surface area contributed by atoms with E-state index >= 15 is 0 Å². The third-order valence-corrected chi connectivity index (χ3v) is 5.31. The van der Waals surface area contributed by atoms with Crippen LogP contribution in [0.3, 0.4) is 0 Å². The Labute approximate surface area is 125 Å². The smallest absolute Gasteiger partial charge is 0.221 e. The Bertz CT molecular complexity index is 422. The number of carbonyl (C=O) groups excluding carboxylic acids is 1. The summed E-state index contributed by atoms with van der Waals surface area (Å²) in [6.07, 6.45) is -0.222. The van der Waals surface area contributed by atoms with Crippen LogP contribution in [0.5, 0.6) is 0 Å². The lowest BCUT2D eigenvalue weighted by Crippen LogP contribution is -2.41. The molecule has 2 atom stereocenters. The normalized spacial score (nSPS) is 21.1. The molecule has 1 aromatic heterocycles. The molecular formula is C12H17ClN2O2S2. The van der Waals surface area contributed by atoms with Gasteiger partial charge in [-0.25, -0.2) is 0 Å². The van der Waals surface area contributed by atoms with Crippen LogP contribution in [-0.2, 0) is 4.79 Å². The number of thioether (sulfide) groups is 1. The molecule has 106 valence electrons. The van der Waals surface area contributed by atoms with E-state index in [9.17, 15) is 9.90 Å². The average molecular weight is 321 g/mol. The van der Waals surface area contributed by atoms with E-state index in [1.54, 1.807) is 12.1 Å². The zero-order chi connectivity index (χ0) is 13.7. The molecule has 1 aromatic rings. The summed E-state index contributed by atoms with van der Waals surface area (Å²) in [7, 11) is 0. The summed E-state index contributed by atoms with van der Waals surface area (Å²) in [6, 6.07) is 3.77. The maximum atomic E-state index is 11.8. The molecule has 1 amide bonds. The molecule has 0 spiro atoms. The summed E-state index contributed by atoms with van der Waals surface area (Å²) in [5.41, 5.74) is 0. The molecule has 1 aliphatic rings. The topological polar surface area (TPSA) is 61.4 Å². The van der Waals surface area contributed by atoms with E-state index in [1.807, 2.05) is 11.8 Å². The van der Waals surface area contributed by atoms with Crippen LogP contribution in [0.4, 0.5) is 0 Å². The quantitative estimate of drug-likeness (QED) is 0.772. The monoisotopic (exact) mass is 320 g/mol. The number of halogens is 1. The standard InChI is InChI=1S/C12H17ClN2O2S2/c13-11-2-1-10(19-11)9(16)6-15-12(17)5-8-7-18-4-3-14-8/h1-2,8-9,14,16H,3-7H2,(H,15,17). The van der Waals surface area contributed by atoms with Gasteiger partial charge in [0.1, 0.15) is 6.10 Å². The van der Waals surface area contributed by atoms with Crippen molar-refractivity contribution in [1.29, 1.82) is 0 Å². The number of nitrogens with one attached hydrogen (secondary N) is 2. The number of hydrogen-bond donors (Lipinski definition) is 3. The van der Waals surface area contributed by atoms with Gasteiger partial charge >= 0.3 is 0 Å². The molecule has 0 aromatic carbocycles. The van der Waals surface area contributed by atoms with Crippen molar-refractivity contribution in [3.05, 3.63) is 21.3 Å². The van der Waals surface area contributed by atoms with Crippen molar-refractivity contribution in [3.8, 4) is 0 Å². The second kappa shape index (κ2) is 7.50. The van der Waals surface area contributed by atoms with Crippen molar-refractivity contribution in [2.24, 2.45) is 0 Å². The number of rotatable bonds is 5. The lowest BCUT2D eigenvalue weighted by molar-refractivity contribution is -0.121. The molecule has 1 saturated heterocycles. The highest BCUT2D eigenvalue weighted by molar-refractivity contribution is 7.99. The molecule has 19 heavy (non-hydrogen) atoms. The van der Waals surface area contributed by atoms with Gasteiger partial charge in [0, 0.05) is 41.9 Å². The molecule has 0 radical (unpaired) electrons. The van der Waals surface area contributed by atoms with Crippen LogP contribution in [0.2, 0.25) is 4.34 Å². The predicted octanol–water partition coefficient (Wildman–Crippen LogP) is 1.65. The minimum Gasteiger partial charge on any atom is -0.386 e. The molecular weight excluding hydrogens is 304 g/mol. The largest absolute Gasteiger partial charge is 0.386 e. The predicted molar refractivity (Wildman–Crippen MR) is 81.0 cm³/mol. The number of amides is 1. The highest BCUT2D eigenvalue weighted by Crippen LogP contribution is 2.26. The maximum absolute atomic E-state index is 11.8. The van der Waals surface area contributed by atoms with Gasteiger partial charge in [-0.15, -0.1) is 11.3 Å². The Hall–Kier alpha value is -0.270. The number of thiophene rings is 1. The van der Waals surface area contributed by atoms with Crippen molar-refractivity contribution >= 4 is 40.6 Å². The fraction of sp³-hybridized carbons (Fsp3) is 0.583. The van der Waals surface area contributed by atoms with E-state index < -0.39 is 6.10 Å². The summed E-state index contributed by atoms with van der Waals surface area (Å²) in [5, 5.41) is 16.0. The third kappa shape index (κ3) is 4.96. The van der Waals surface area contributed by atoms with Crippen molar-refractivity contribution in [2.75, 3.05) is 24.6 Å². The second-order valence-electron chi connectivity index (χ2n) is 4.39. The molecule has 3 N–H and O–H groups in total. The summed E-state index contributed by atoms with van der Waals surface area (Å²) in [6.45, 7) is 1.19. The molecule has 0 bridgehead atoms. The van der Waals surface area contributed by atoms with Crippen LogP contribution in [0.25, 0.3) is 0 Å². The highest BCUT2D eigenvalue weighted by Gasteiger charge is 2.17. The van der Waals surface area contributed by atoms with Crippen LogP contribution < -0.4 is 10.6 Å². The lowest BCUT2D eigenvalue weighted by atomic mass is 10.2. The molecule has 1 fully saturated rings. The molecule has 1 aliphatic heterocycles. The minimum absolute atomic E-state index is 0.0262. The van der Waals surface area contributed by atoms with E-state index in [0.717, 1.165) is 22.9 Å². The van der Waals surface area contributed by atoms with Gasteiger partial charge < -0.3 is 15.7 Å². The van der Waals surface area contributed by atoms with E-state index in [2.05, 4.69) is 10.6 Å². The Morgan fingerprint density at radius 1 is 1.63 bits per heavy atom. The fourth-order valence-corrected chi connectivity index (χ4v) is 3.86. The number of carbonyl (C=O) groups is 1. The van der Waals surface area contributed by atoms with Gasteiger partial charge in [0.2, 0.25) is 5.91 Å². The van der Waals surface area contributed by atoms with E-state index in [1.165, 1.54) is 11.3 Å². The first-order valence-corrected chi connectivity index (χ1v) is 8.51. The van der Waals surface area contributed by atoms with Crippen LogP contribution in [0.1, 0.15) is 17.4 Å². The summed E-state index contributed by atoms with van der Waals surface area (Å²) in [4.78, 5) is 12.5.